The molecular formula is C35H41N5O7. The average Bonchev–Trinajstić information content (AvgIpc) is 3.64. The maximum Gasteiger partial charge on any atom is 0.417 e. The summed E-state index contributed by atoms with van der Waals surface area (Å²) in [5.41, 5.74) is 1.57. The highest BCUT2D eigenvalue weighted by atomic mass is 16.6. The molecule has 12 nitrogen and oxygen atoms in total. The van der Waals surface area contributed by atoms with Crippen molar-refractivity contribution >= 4 is 35.0 Å². The van der Waals surface area contributed by atoms with Crippen LogP contribution in [-0.4, -0.2) is 72.1 Å². The third kappa shape index (κ3) is 8.00. The minimum Gasteiger partial charge on any atom is -0.459 e. The fourth-order valence-corrected chi connectivity index (χ4v) is 5.43. The van der Waals surface area contributed by atoms with Crippen LogP contribution >= 0.6 is 0 Å². The number of carbonyl (C=O) groups is 4. The molecule has 3 heterocycles. The summed E-state index contributed by atoms with van der Waals surface area (Å²) in [6, 6.07) is 13.9. The molecule has 0 aliphatic carbocycles. The lowest BCUT2D eigenvalue weighted by Crippen LogP contribution is -2.60. The van der Waals surface area contributed by atoms with E-state index in [1.165, 1.54) is 11.2 Å². The van der Waals surface area contributed by atoms with Gasteiger partial charge in [-0.2, -0.15) is 0 Å². The van der Waals surface area contributed by atoms with Crippen LogP contribution in [0.15, 0.2) is 67.1 Å². The number of hydrogen-bond donors (Lipinski definition) is 2. The Kier molecular flexibility index (Phi) is 9.41. The zero-order valence-corrected chi connectivity index (χ0v) is 27.5. The Balaban J connectivity index is 1.57. The molecule has 5 rings (SSSR count). The average molecular weight is 644 g/mol. The molecule has 0 saturated carbocycles. The molecule has 47 heavy (non-hydrogen) atoms. The van der Waals surface area contributed by atoms with Gasteiger partial charge in [-0.15, -0.1) is 0 Å². The quantitative estimate of drug-likeness (QED) is 0.193. The second-order valence-electron chi connectivity index (χ2n) is 13.5. The van der Waals surface area contributed by atoms with E-state index in [9.17, 15) is 19.2 Å². The predicted molar refractivity (Wildman–Crippen MR) is 173 cm³/mol. The second-order valence-corrected chi connectivity index (χ2v) is 13.5. The van der Waals surface area contributed by atoms with Gasteiger partial charge in [0.25, 0.3) is 5.91 Å². The molecule has 0 bridgehead atoms. The summed E-state index contributed by atoms with van der Waals surface area (Å²) in [5.74, 6) is -1.63. The normalized spacial score (nSPS) is 15.4. The molecule has 0 spiro atoms. The Hall–Kier alpha value is -5.13. The first-order chi connectivity index (χ1) is 22.2. The molecule has 3 amide bonds. The van der Waals surface area contributed by atoms with Gasteiger partial charge in [0.1, 0.15) is 29.9 Å². The van der Waals surface area contributed by atoms with Crippen LogP contribution in [0, 0.1) is 0 Å². The molecule has 2 atom stereocenters. The van der Waals surface area contributed by atoms with E-state index in [4.69, 9.17) is 14.2 Å². The van der Waals surface area contributed by atoms with Gasteiger partial charge in [0.05, 0.1) is 24.3 Å². The Bertz CT molecular complexity index is 1750. The summed E-state index contributed by atoms with van der Waals surface area (Å²) < 4.78 is 17.2. The number of esters is 1. The van der Waals surface area contributed by atoms with E-state index in [0.29, 0.717) is 17.0 Å². The van der Waals surface area contributed by atoms with Crippen molar-refractivity contribution in [3.63, 3.8) is 0 Å². The molecule has 2 aromatic carbocycles. The highest BCUT2D eigenvalue weighted by Crippen LogP contribution is 2.28. The molecular weight excluding hydrogens is 602 g/mol. The van der Waals surface area contributed by atoms with E-state index >= 15 is 0 Å². The van der Waals surface area contributed by atoms with Crippen molar-refractivity contribution < 1.29 is 33.4 Å². The first kappa shape index (κ1) is 33.2. The lowest BCUT2D eigenvalue weighted by Gasteiger charge is -2.39. The number of hydrogen-bond acceptors (Lipinski definition) is 8. The van der Waals surface area contributed by atoms with Crippen LogP contribution in [-0.2, 0) is 49.8 Å². The molecule has 4 aromatic rings. The number of nitrogens with zero attached hydrogens (tertiary/aromatic N) is 3. The monoisotopic (exact) mass is 643 g/mol. The minimum absolute atomic E-state index is 0.0188. The third-order valence-electron chi connectivity index (χ3n) is 7.54. The summed E-state index contributed by atoms with van der Waals surface area (Å²) in [7, 11) is 0. The molecule has 0 saturated heterocycles. The largest absolute Gasteiger partial charge is 0.459 e. The van der Waals surface area contributed by atoms with E-state index in [1.807, 2.05) is 42.5 Å². The SMILES string of the molecule is CC(C)(C)OC(=O)N1Cc2[nH]cnc2C[C@H]1C(=O)N(C(=O)OC(C)(C)C)[C@@H](Cc1c[nH]c2ccccc12)C(=O)OCc1ccccc1. The number of aromatic amines is 2. The van der Waals surface area contributed by atoms with Crippen LogP contribution in [0.2, 0.25) is 0 Å². The maximum atomic E-state index is 14.8. The molecule has 0 radical (unpaired) electrons. The fraction of sp³-hybridized carbons (Fsp3) is 0.400. The number of imide groups is 1. The summed E-state index contributed by atoms with van der Waals surface area (Å²) in [6.45, 7) is 10.1. The Morgan fingerprint density at radius 2 is 1.62 bits per heavy atom. The van der Waals surface area contributed by atoms with E-state index in [2.05, 4.69) is 15.0 Å². The standard InChI is InChI=1S/C35H41N5O7/c1-34(2,3)46-32(43)39-19-27-26(37-21-38-27)17-28(39)30(41)40(33(44)47-35(4,5)6)29(31(42)45-20-22-12-8-7-9-13-22)16-23-18-36-25-15-11-10-14-24(23)25/h7-15,18,21,28-29,36H,16-17,19-20H2,1-6H3,(H,37,38)/t28-,29-/m0/s1. The molecule has 2 N–H and O–H groups in total. The van der Waals surface area contributed by atoms with Gasteiger partial charge in [0, 0.05) is 29.9 Å². The summed E-state index contributed by atoms with van der Waals surface area (Å²) in [5, 5.41) is 0.819. The molecule has 0 fully saturated rings. The van der Waals surface area contributed by atoms with Crippen molar-refractivity contribution in [1.82, 2.24) is 24.8 Å². The van der Waals surface area contributed by atoms with Gasteiger partial charge in [-0.3, -0.25) is 9.69 Å². The number of aromatic nitrogens is 3. The van der Waals surface area contributed by atoms with Crippen molar-refractivity contribution in [2.24, 2.45) is 0 Å². The summed E-state index contributed by atoms with van der Waals surface area (Å²) >= 11 is 0. The number of nitrogens with one attached hydrogen (secondary N) is 2. The van der Waals surface area contributed by atoms with Crippen LogP contribution in [0.4, 0.5) is 9.59 Å². The number of para-hydroxylation sites is 1. The number of fused-ring (bicyclic) bond motifs is 2. The lowest BCUT2D eigenvalue weighted by atomic mass is 9.99. The van der Waals surface area contributed by atoms with Gasteiger partial charge < -0.3 is 24.2 Å². The van der Waals surface area contributed by atoms with Crippen molar-refractivity contribution in [3.05, 3.63) is 89.6 Å². The number of ether oxygens (including phenoxy) is 3. The Morgan fingerprint density at radius 1 is 0.936 bits per heavy atom. The van der Waals surface area contributed by atoms with Gasteiger partial charge >= 0.3 is 18.2 Å². The number of rotatable bonds is 7. The fourth-order valence-electron chi connectivity index (χ4n) is 5.43. The molecule has 0 unspecified atom stereocenters. The first-order valence-corrected chi connectivity index (χ1v) is 15.5. The number of amides is 3. The molecule has 248 valence electrons. The smallest absolute Gasteiger partial charge is 0.417 e. The lowest BCUT2D eigenvalue weighted by molar-refractivity contribution is -0.157. The van der Waals surface area contributed by atoms with Crippen molar-refractivity contribution in [3.8, 4) is 0 Å². The van der Waals surface area contributed by atoms with Crippen LogP contribution in [0.1, 0.15) is 64.1 Å². The summed E-state index contributed by atoms with van der Waals surface area (Å²) in [6.07, 6.45) is 1.34. The van der Waals surface area contributed by atoms with Gasteiger partial charge in [-0.05, 0) is 58.7 Å². The maximum absolute atomic E-state index is 14.8. The van der Waals surface area contributed by atoms with E-state index in [1.54, 1.807) is 59.9 Å². The minimum atomic E-state index is -1.44. The van der Waals surface area contributed by atoms with Crippen LogP contribution in [0.3, 0.4) is 0 Å². The summed E-state index contributed by atoms with van der Waals surface area (Å²) in [4.78, 5) is 69.1. The number of benzene rings is 2. The number of imidazole rings is 1. The zero-order chi connectivity index (χ0) is 33.9. The molecule has 1 aliphatic rings. The Morgan fingerprint density at radius 3 is 2.32 bits per heavy atom. The molecule has 12 heteroatoms. The van der Waals surface area contributed by atoms with Crippen LogP contribution < -0.4 is 0 Å². The van der Waals surface area contributed by atoms with Crippen molar-refractivity contribution in [2.45, 2.75) is 90.8 Å². The first-order valence-electron chi connectivity index (χ1n) is 15.5. The Labute approximate surface area is 273 Å². The third-order valence-corrected chi connectivity index (χ3v) is 7.54. The van der Waals surface area contributed by atoms with Crippen LogP contribution in [0.5, 0.6) is 0 Å². The zero-order valence-electron chi connectivity index (χ0n) is 27.5. The van der Waals surface area contributed by atoms with E-state index in [-0.39, 0.29) is 26.0 Å². The number of H-pyrrole nitrogens is 2. The van der Waals surface area contributed by atoms with Gasteiger partial charge in [0.15, 0.2) is 0 Å². The molecule has 2 aromatic heterocycles. The predicted octanol–water partition coefficient (Wildman–Crippen LogP) is 5.67. The second kappa shape index (κ2) is 13.3. The van der Waals surface area contributed by atoms with Gasteiger partial charge in [-0.1, -0.05) is 48.5 Å². The van der Waals surface area contributed by atoms with E-state index in [0.717, 1.165) is 21.4 Å². The van der Waals surface area contributed by atoms with E-state index < -0.39 is 47.3 Å². The highest BCUT2D eigenvalue weighted by molar-refractivity contribution is 6.01. The topological polar surface area (TPSA) is 147 Å². The van der Waals surface area contributed by atoms with Gasteiger partial charge in [0.2, 0.25) is 0 Å². The van der Waals surface area contributed by atoms with Crippen LogP contribution in [0.25, 0.3) is 10.9 Å². The molecule has 1 aliphatic heterocycles. The van der Waals surface area contributed by atoms with Crippen molar-refractivity contribution in [1.29, 1.82) is 0 Å². The van der Waals surface area contributed by atoms with Gasteiger partial charge in [-0.25, -0.2) is 24.3 Å². The highest BCUT2D eigenvalue weighted by Gasteiger charge is 2.47. The number of carbonyl (C=O) groups excluding carboxylic acids is 4. The van der Waals surface area contributed by atoms with Crippen molar-refractivity contribution in [2.75, 3.05) is 0 Å².